The number of aromatic nitrogens is 1. The van der Waals surface area contributed by atoms with E-state index in [-0.39, 0.29) is 11.7 Å². The molecule has 2 aromatic carbocycles. The molecule has 1 aliphatic heterocycles. The van der Waals surface area contributed by atoms with Crippen LogP contribution in [-0.4, -0.2) is 16.0 Å². The molecule has 1 amide bonds. The predicted molar refractivity (Wildman–Crippen MR) is 88.2 cm³/mol. The minimum atomic E-state index is -0.400. The molecule has 3 aromatic rings. The number of hydrogen-bond donors (Lipinski definition) is 2. The van der Waals surface area contributed by atoms with Crippen molar-refractivity contribution in [1.82, 2.24) is 4.98 Å². The van der Waals surface area contributed by atoms with Crippen molar-refractivity contribution in [2.24, 2.45) is 4.99 Å². The van der Waals surface area contributed by atoms with Gasteiger partial charge < -0.3 is 10.4 Å². The fraction of sp³-hybridized carbons (Fsp3) is 0. The highest BCUT2D eigenvalue weighted by Gasteiger charge is 2.24. The third-order valence-electron chi connectivity index (χ3n) is 3.54. The molecule has 0 fully saturated rings. The van der Waals surface area contributed by atoms with E-state index in [1.807, 2.05) is 6.07 Å². The van der Waals surface area contributed by atoms with Crippen molar-refractivity contribution in [2.75, 3.05) is 5.32 Å². The largest absolute Gasteiger partial charge is 0.492 e. The molecule has 24 heavy (non-hydrogen) atoms. The van der Waals surface area contributed by atoms with E-state index < -0.39 is 5.91 Å². The minimum absolute atomic E-state index is 0.236. The highest BCUT2D eigenvalue weighted by atomic mass is 32.1. The van der Waals surface area contributed by atoms with Crippen molar-refractivity contribution in [1.29, 1.82) is 0 Å². The first-order valence-electron chi connectivity index (χ1n) is 7.07. The van der Waals surface area contributed by atoms with Gasteiger partial charge in [0.15, 0.2) is 5.13 Å². The van der Waals surface area contributed by atoms with Crippen LogP contribution in [0.4, 0.5) is 15.2 Å². The Morgan fingerprint density at radius 1 is 1.08 bits per heavy atom. The van der Waals surface area contributed by atoms with Crippen molar-refractivity contribution in [3.05, 3.63) is 69.8 Å². The number of amides is 1. The monoisotopic (exact) mass is 339 g/mol. The van der Waals surface area contributed by atoms with Crippen LogP contribution in [0.15, 0.2) is 53.5 Å². The Morgan fingerprint density at radius 2 is 1.83 bits per heavy atom. The molecule has 0 saturated heterocycles. The SMILES string of the molecule is O=C1N=c2ccccc2=C1c1sc(Nc2ccc(F)cc2)nc1O. The fourth-order valence-corrected chi connectivity index (χ4v) is 3.40. The molecular weight excluding hydrogens is 329 g/mol. The number of halogens is 1. The molecule has 0 saturated carbocycles. The van der Waals surface area contributed by atoms with Crippen LogP contribution in [0.2, 0.25) is 0 Å². The first-order chi connectivity index (χ1) is 11.6. The summed E-state index contributed by atoms with van der Waals surface area (Å²) in [7, 11) is 0. The van der Waals surface area contributed by atoms with Gasteiger partial charge in [-0.2, -0.15) is 4.98 Å². The Bertz CT molecular complexity index is 1070. The van der Waals surface area contributed by atoms with Gasteiger partial charge in [0, 0.05) is 10.9 Å². The summed E-state index contributed by atoms with van der Waals surface area (Å²) in [5, 5.41) is 14.8. The van der Waals surface area contributed by atoms with Crippen molar-refractivity contribution >= 4 is 33.6 Å². The van der Waals surface area contributed by atoms with Crippen molar-refractivity contribution in [3.63, 3.8) is 0 Å². The lowest BCUT2D eigenvalue weighted by Gasteiger charge is -2.00. The van der Waals surface area contributed by atoms with Gasteiger partial charge in [-0.1, -0.05) is 29.5 Å². The number of nitrogens with zero attached hydrogens (tertiary/aromatic N) is 2. The predicted octanol–water partition coefficient (Wildman–Crippen LogP) is 2.09. The molecule has 4 rings (SSSR count). The molecule has 2 N–H and O–H groups in total. The van der Waals surface area contributed by atoms with Gasteiger partial charge in [0.1, 0.15) is 10.7 Å². The topological polar surface area (TPSA) is 74.6 Å². The number of fused-ring (bicyclic) bond motifs is 1. The summed E-state index contributed by atoms with van der Waals surface area (Å²) in [5.74, 6) is -0.975. The number of carbonyl (C=O) groups is 1. The Morgan fingerprint density at radius 3 is 2.62 bits per heavy atom. The van der Waals surface area contributed by atoms with Crippen molar-refractivity contribution in [2.45, 2.75) is 0 Å². The normalized spacial score (nSPS) is 12.9. The summed E-state index contributed by atoms with van der Waals surface area (Å²) in [6.07, 6.45) is 0. The van der Waals surface area contributed by atoms with Crippen LogP contribution in [0.3, 0.4) is 0 Å². The number of nitrogens with one attached hydrogen (secondary N) is 1. The summed E-state index contributed by atoms with van der Waals surface area (Å²) in [6, 6.07) is 12.9. The first-order valence-corrected chi connectivity index (χ1v) is 7.88. The minimum Gasteiger partial charge on any atom is -0.492 e. The standard InChI is InChI=1S/C17H10FN3O2S/c18-9-5-7-10(8-6-9)19-17-21-16(23)14(24-17)13-11-3-1-2-4-12(11)20-15(13)22/h1-8,23H,(H,19,21). The maximum Gasteiger partial charge on any atom is 0.279 e. The summed E-state index contributed by atoms with van der Waals surface area (Å²) < 4.78 is 12.9. The maximum absolute atomic E-state index is 12.9. The lowest BCUT2D eigenvalue weighted by Crippen LogP contribution is -2.22. The van der Waals surface area contributed by atoms with E-state index in [1.165, 1.54) is 12.1 Å². The Balaban J connectivity index is 1.76. The number of anilines is 2. The Labute approximate surface area is 139 Å². The molecule has 2 heterocycles. The second-order valence-electron chi connectivity index (χ2n) is 5.11. The van der Waals surface area contributed by atoms with Gasteiger partial charge >= 0.3 is 0 Å². The zero-order valence-electron chi connectivity index (χ0n) is 12.2. The van der Waals surface area contributed by atoms with E-state index in [1.54, 1.807) is 30.3 Å². The second-order valence-corrected chi connectivity index (χ2v) is 6.11. The Hall–Kier alpha value is -3.06. The number of rotatable bonds is 3. The van der Waals surface area contributed by atoms with E-state index in [4.69, 9.17) is 0 Å². The molecule has 1 aliphatic rings. The van der Waals surface area contributed by atoms with Crippen LogP contribution in [0.25, 0.3) is 5.57 Å². The molecule has 0 spiro atoms. The zero-order chi connectivity index (χ0) is 16.7. The summed E-state index contributed by atoms with van der Waals surface area (Å²) in [6.45, 7) is 0. The molecule has 0 aliphatic carbocycles. The van der Waals surface area contributed by atoms with E-state index in [2.05, 4.69) is 15.3 Å². The van der Waals surface area contributed by atoms with Crippen LogP contribution in [0.1, 0.15) is 4.88 Å². The van der Waals surface area contributed by atoms with Gasteiger partial charge in [0.25, 0.3) is 5.91 Å². The third-order valence-corrected chi connectivity index (χ3v) is 4.52. The summed E-state index contributed by atoms with van der Waals surface area (Å²) >= 11 is 1.14. The molecule has 7 heteroatoms. The summed E-state index contributed by atoms with van der Waals surface area (Å²) in [5.41, 5.74) is 0.970. The molecule has 1 aromatic heterocycles. The van der Waals surface area contributed by atoms with Gasteiger partial charge in [-0.15, -0.1) is 0 Å². The van der Waals surface area contributed by atoms with Gasteiger partial charge in [-0.3, -0.25) is 4.79 Å². The smallest absolute Gasteiger partial charge is 0.279 e. The number of carbonyl (C=O) groups excluding carboxylic acids is 1. The van der Waals surface area contributed by atoms with E-state index in [9.17, 15) is 14.3 Å². The van der Waals surface area contributed by atoms with Crippen LogP contribution in [0.5, 0.6) is 5.88 Å². The highest BCUT2D eigenvalue weighted by molar-refractivity contribution is 7.17. The van der Waals surface area contributed by atoms with Crippen LogP contribution < -0.4 is 15.9 Å². The van der Waals surface area contributed by atoms with Gasteiger partial charge in [-0.05, 0) is 30.3 Å². The average molecular weight is 339 g/mol. The molecule has 0 radical (unpaired) electrons. The fourth-order valence-electron chi connectivity index (χ4n) is 2.47. The van der Waals surface area contributed by atoms with Gasteiger partial charge in [-0.25, -0.2) is 9.38 Å². The lowest BCUT2D eigenvalue weighted by molar-refractivity contribution is -0.112. The van der Waals surface area contributed by atoms with Crippen molar-refractivity contribution < 1.29 is 14.3 Å². The molecule has 0 unspecified atom stereocenters. The number of para-hydroxylation sites is 1. The molecule has 0 atom stereocenters. The highest BCUT2D eigenvalue weighted by Crippen LogP contribution is 2.35. The van der Waals surface area contributed by atoms with E-state index >= 15 is 0 Å². The van der Waals surface area contributed by atoms with Crippen LogP contribution >= 0.6 is 11.3 Å². The number of aromatic hydroxyl groups is 1. The molecular formula is C17H10FN3O2S. The van der Waals surface area contributed by atoms with Crippen molar-refractivity contribution in [3.8, 4) is 5.88 Å². The molecule has 0 bridgehead atoms. The summed E-state index contributed by atoms with van der Waals surface area (Å²) in [4.78, 5) is 20.6. The maximum atomic E-state index is 12.9. The van der Waals surface area contributed by atoms with Crippen LogP contribution in [-0.2, 0) is 4.79 Å². The number of hydrogen-bond acceptors (Lipinski definition) is 5. The quantitative estimate of drug-likeness (QED) is 0.766. The van der Waals surface area contributed by atoms with Gasteiger partial charge in [0.2, 0.25) is 5.88 Å². The molecule has 5 nitrogen and oxygen atoms in total. The Kier molecular flexibility index (Phi) is 3.35. The lowest BCUT2D eigenvalue weighted by atomic mass is 10.1. The second kappa shape index (κ2) is 5.54. The number of thiazole rings is 1. The average Bonchev–Trinajstić information content (AvgIpc) is 3.08. The van der Waals surface area contributed by atoms with Crippen LogP contribution in [0, 0.1) is 5.82 Å². The first kappa shape index (κ1) is 14.5. The van der Waals surface area contributed by atoms with E-state index in [0.717, 1.165) is 11.3 Å². The number of benzene rings is 2. The van der Waals surface area contributed by atoms with E-state index in [0.29, 0.717) is 31.8 Å². The van der Waals surface area contributed by atoms with Gasteiger partial charge in [0.05, 0.1) is 10.9 Å². The zero-order valence-corrected chi connectivity index (χ0v) is 13.0. The third kappa shape index (κ3) is 2.44. The molecule has 118 valence electrons.